The van der Waals surface area contributed by atoms with Crippen molar-refractivity contribution in [2.75, 3.05) is 6.61 Å². The lowest BCUT2D eigenvalue weighted by molar-refractivity contribution is -0.126. The highest BCUT2D eigenvalue weighted by Gasteiger charge is 2.29. The number of ether oxygens (including phenoxy) is 1. The third-order valence-electron chi connectivity index (χ3n) is 3.49. The molecule has 0 saturated heterocycles. The van der Waals surface area contributed by atoms with E-state index >= 15 is 0 Å². The Morgan fingerprint density at radius 3 is 2.75 bits per heavy atom. The summed E-state index contributed by atoms with van der Waals surface area (Å²) in [5.41, 5.74) is 9.90. The van der Waals surface area contributed by atoms with Gasteiger partial charge in [0.2, 0.25) is 5.91 Å². The molecule has 0 aromatic heterocycles. The Bertz CT molecular complexity index is 241. The fourth-order valence-electron chi connectivity index (χ4n) is 2.13. The van der Waals surface area contributed by atoms with Crippen molar-refractivity contribution >= 4 is 5.91 Å². The Balaban J connectivity index is 2.35. The van der Waals surface area contributed by atoms with Crippen LogP contribution in [0.15, 0.2) is 0 Å². The maximum absolute atomic E-state index is 11.0. The first-order valence-electron chi connectivity index (χ1n) is 6.16. The Morgan fingerprint density at radius 2 is 2.19 bits per heavy atom. The van der Waals surface area contributed by atoms with E-state index in [2.05, 4.69) is 6.92 Å². The van der Waals surface area contributed by atoms with Crippen LogP contribution in [0.3, 0.4) is 0 Å². The summed E-state index contributed by atoms with van der Waals surface area (Å²) in [5, 5.41) is 0. The topological polar surface area (TPSA) is 78.3 Å². The molecular weight excluding hydrogens is 204 g/mol. The predicted molar refractivity (Wildman–Crippen MR) is 63.8 cm³/mol. The molecule has 1 rings (SSSR count). The second-order valence-corrected chi connectivity index (χ2v) is 5.16. The van der Waals surface area contributed by atoms with Gasteiger partial charge in [0.1, 0.15) is 5.54 Å². The fourth-order valence-corrected chi connectivity index (χ4v) is 2.13. The monoisotopic (exact) mass is 228 g/mol. The Hall–Kier alpha value is -0.610. The van der Waals surface area contributed by atoms with E-state index in [1.807, 2.05) is 0 Å². The van der Waals surface area contributed by atoms with E-state index in [9.17, 15) is 4.79 Å². The number of amides is 1. The lowest BCUT2D eigenvalue weighted by atomic mass is 9.85. The maximum atomic E-state index is 11.0. The van der Waals surface area contributed by atoms with Crippen LogP contribution >= 0.6 is 0 Å². The van der Waals surface area contributed by atoms with Gasteiger partial charge in [0, 0.05) is 0 Å². The molecule has 4 nitrogen and oxygen atoms in total. The molecule has 0 heterocycles. The zero-order valence-electron chi connectivity index (χ0n) is 10.4. The summed E-state index contributed by atoms with van der Waals surface area (Å²) in [6.07, 6.45) is 6.13. The first-order chi connectivity index (χ1) is 7.45. The zero-order valence-corrected chi connectivity index (χ0v) is 10.4. The van der Waals surface area contributed by atoms with Gasteiger partial charge in [0.05, 0.1) is 12.7 Å². The van der Waals surface area contributed by atoms with Gasteiger partial charge in [-0.3, -0.25) is 4.79 Å². The van der Waals surface area contributed by atoms with E-state index in [1.54, 1.807) is 6.92 Å². The van der Waals surface area contributed by atoms with Crippen molar-refractivity contribution < 1.29 is 9.53 Å². The van der Waals surface area contributed by atoms with Gasteiger partial charge in [-0.1, -0.05) is 26.2 Å². The van der Waals surface area contributed by atoms with Gasteiger partial charge in [-0.25, -0.2) is 0 Å². The van der Waals surface area contributed by atoms with E-state index in [0.717, 1.165) is 18.8 Å². The van der Waals surface area contributed by atoms with E-state index in [4.69, 9.17) is 16.2 Å². The third kappa shape index (κ3) is 3.76. The summed E-state index contributed by atoms with van der Waals surface area (Å²) in [4.78, 5) is 11.0. The first kappa shape index (κ1) is 13.5. The zero-order chi connectivity index (χ0) is 12.2. The van der Waals surface area contributed by atoms with Crippen molar-refractivity contribution in [2.45, 2.75) is 57.6 Å². The molecule has 1 aliphatic carbocycles. The molecule has 1 aliphatic rings. The maximum Gasteiger partial charge on any atom is 0.239 e. The molecule has 0 spiro atoms. The molecule has 1 saturated carbocycles. The summed E-state index contributed by atoms with van der Waals surface area (Å²) in [6, 6.07) is 0. The molecule has 0 aromatic rings. The third-order valence-corrected chi connectivity index (χ3v) is 3.49. The number of hydrogen-bond acceptors (Lipinski definition) is 3. The number of primary amides is 1. The minimum Gasteiger partial charge on any atom is -0.376 e. The number of carbonyl (C=O) groups excluding carboxylic acids is 1. The quantitative estimate of drug-likeness (QED) is 0.741. The lowest BCUT2D eigenvalue weighted by Gasteiger charge is -2.31. The van der Waals surface area contributed by atoms with Crippen molar-refractivity contribution in [1.82, 2.24) is 0 Å². The van der Waals surface area contributed by atoms with Crippen molar-refractivity contribution in [1.29, 1.82) is 0 Å². The van der Waals surface area contributed by atoms with Gasteiger partial charge in [-0.2, -0.15) is 0 Å². The highest BCUT2D eigenvalue weighted by atomic mass is 16.5. The molecular formula is C12H24N2O2. The molecule has 0 radical (unpaired) electrons. The van der Waals surface area contributed by atoms with Crippen LogP contribution in [0.4, 0.5) is 0 Å². The van der Waals surface area contributed by atoms with E-state index in [-0.39, 0.29) is 12.7 Å². The standard InChI is InChI=1S/C12H24N2O2/c1-3-9-5-4-6-10(7-9)16-8-12(2,14)11(13)15/h9-10H,3-8,14H2,1-2H3,(H2,13,15). The highest BCUT2D eigenvalue weighted by molar-refractivity contribution is 5.83. The van der Waals surface area contributed by atoms with E-state index < -0.39 is 11.4 Å². The van der Waals surface area contributed by atoms with Gasteiger partial charge in [-0.15, -0.1) is 0 Å². The van der Waals surface area contributed by atoms with Crippen molar-refractivity contribution in [3.8, 4) is 0 Å². The number of rotatable bonds is 5. The largest absolute Gasteiger partial charge is 0.376 e. The van der Waals surface area contributed by atoms with Gasteiger partial charge < -0.3 is 16.2 Å². The summed E-state index contributed by atoms with van der Waals surface area (Å²) in [7, 11) is 0. The average Bonchev–Trinajstić information content (AvgIpc) is 2.26. The molecule has 16 heavy (non-hydrogen) atoms. The summed E-state index contributed by atoms with van der Waals surface area (Å²) in [5.74, 6) is 0.256. The van der Waals surface area contributed by atoms with Crippen LogP contribution in [0.25, 0.3) is 0 Å². The van der Waals surface area contributed by atoms with Crippen LogP contribution < -0.4 is 11.5 Å². The van der Waals surface area contributed by atoms with Crippen molar-refractivity contribution in [2.24, 2.45) is 17.4 Å². The van der Waals surface area contributed by atoms with Crippen molar-refractivity contribution in [3.63, 3.8) is 0 Å². The van der Waals surface area contributed by atoms with Gasteiger partial charge in [0.25, 0.3) is 0 Å². The second-order valence-electron chi connectivity index (χ2n) is 5.16. The first-order valence-corrected chi connectivity index (χ1v) is 6.16. The Morgan fingerprint density at radius 1 is 1.50 bits per heavy atom. The molecule has 0 bridgehead atoms. The summed E-state index contributed by atoms with van der Waals surface area (Å²) >= 11 is 0. The van der Waals surface area contributed by atoms with Gasteiger partial charge >= 0.3 is 0 Å². The van der Waals surface area contributed by atoms with Crippen LogP contribution in [0.5, 0.6) is 0 Å². The molecule has 3 unspecified atom stereocenters. The molecule has 4 N–H and O–H groups in total. The van der Waals surface area contributed by atoms with Crippen molar-refractivity contribution in [3.05, 3.63) is 0 Å². The van der Waals surface area contributed by atoms with Crippen LogP contribution in [0, 0.1) is 5.92 Å². The Kier molecular flexibility index (Phi) is 4.74. The molecule has 1 fully saturated rings. The van der Waals surface area contributed by atoms with Crippen LogP contribution in [-0.4, -0.2) is 24.2 Å². The van der Waals surface area contributed by atoms with Crippen LogP contribution in [0.1, 0.15) is 46.0 Å². The molecule has 0 aliphatic heterocycles. The summed E-state index contributed by atoms with van der Waals surface area (Å²) in [6.45, 7) is 4.06. The lowest BCUT2D eigenvalue weighted by Crippen LogP contribution is -2.53. The molecule has 94 valence electrons. The van der Waals surface area contributed by atoms with E-state index in [0.29, 0.717) is 0 Å². The van der Waals surface area contributed by atoms with E-state index in [1.165, 1.54) is 19.3 Å². The Labute approximate surface area is 97.7 Å². The number of nitrogens with two attached hydrogens (primary N) is 2. The number of hydrogen-bond donors (Lipinski definition) is 2. The minimum absolute atomic E-state index is 0.226. The molecule has 4 heteroatoms. The fraction of sp³-hybridized carbons (Fsp3) is 0.917. The second kappa shape index (κ2) is 5.64. The van der Waals surface area contributed by atoms with Crippen LogP contribution in [0.2, 0.25) is 0 Å². The molecule has 3 atom stereocenters. The van der Waals surface area contributed by atoms with Gasteiger partial charge in [-0.05, 0) is 25.7 Å². The summed E-state index contributed by atoms with van der Waals surface area (Å²) < 4.78 is 5.72. The highest BCUT2D eigenvalue weighted by Crippen LogP contribution is 2.28. The minimum atomic E-state index is -1.04. The van der Waals surface area contributed by atoms with Gasteiger partial charge in [0.15, 0.2) is 0 Å². The normalized spacial score (nSPS) is 29.7. The SMILES string of the molecule is CCC1CCCC(OCC(C)(N)C(N)=O)C1. The number of carbonyl (C=O) groups is 1. The molecule has 0 aromatic carbocycles. The van der Waals surface area contributed by atoms with Crippen LogP contribution in [-0.2, 0) is 9.53 Å². The smallest absolute Gasteiger partial charge is 0.239 e. The molecule has 1 amide bonds. The predicted octanol–water partition coefficient (Wildman–Crippen LogP) is 1.17. The average molecular weight is 228 g/mol.